The first-order chi connectivity index (χ1) is 12.3. The number of pyridine rings is 1. The van der Waals surface area contributed by atoms with Crippen LogP contribution in [-0.4, -0.2) is 47.5 Å². The molecule has 3 rings (SSSR count). The summed E-state index contributed by atoms with van der Waals surface area (Å²) in [7, 11) is 0. The predicted octanol–water partition coefficient (Wildman–Crippen LogP) is 3.39. The SMILES string of the molecule is CC(C)(C)Nc1ccc(C(=O)N2CCN(c3ccccc3F)CC2)cn1. The summed E-state index contributed by atoms with van der Waals surface area (Å²) >= 11 is 0. The molecule has 1 aliphatic rings. The van der Waals surface area contributed by atoms with Gasteiger partial charge in [-0.05, 0) is 45.0 Å². The van der Waals surface area contributed by atoms with E-state index in [0.29, 0.717) is 37.4 Å². The predicted molar refractivity (Wildman–Crippen MR) is 102 cm³/mol. The zero-order chi connectivity index (χ0) is 18.7. The number of piperazine rings is 1. The molecule has 0 atom stereocenters. The molecule has 6 heteroatoms. The minimum atomic E-state index is -0.224. The number of hydrogen-bond acceptors (Lipinski definition) is 4. The van der Waals surface area contributed by atoms with Crippen LogP contribution in [0.4, 0.5) is 15.9 Å². The molecule has 0 unspecified atom stereocenters. The van der Waals surface area contributed by atoms with Crippen LogP contribution < -0.4 is 10.2 Å². The largest absolute Gasteiger partial charge is 0.366 e. The summed E-state index contributed by atoms with van der Waals surface area (Å²) in [6.45, 7) is 8.53. The highest BCUT2D eigenvalue weighted by atomic mass is 19.1. The molecule has 0 bridgehead atoms. The third-order valence-electron chi connectivity index (χ3n) is 4.27. The van der Waals surface area contributed by atoms with E-state index in [2.05, 4.69) is 31.1 Å². The van der Waals surface area contributed by atoms with Crippen molar-refractivity contribution >= 4 is 17.4 Å². The minimum Gasteiger partial charge on any atom is -0.366 e. The van der Waals surface area contributed by atoms with Crippen molar-refractivity contribution in [2.75, 3.05) is 36.4 Å². The molecule has 2 aromatic rings. The summed E-state index contributed by atoms with van der Waals surface area (Å²) in [4.78, 5) is 20.8. The number of carbonyl (C=O) groups is 1. The van der Waals surface area contributed by atoms with Gasteiger partial charge >= 0.3 is 0 Å². The van der Waals surface area contributed by atoms with E-state index in [9.17, 15) is 9.18 Å². The monoisotopic (exact) mass is 356 g/mol. The molecule has 0 spiro atoms. The summed E-state index contributed by atoms with van der Waals surface area (Å²) in [6, 6.07) is 10.4. The van der Waals surface area contributed by atoms with Gasteiger partial charge in [0, 0.05) is 37.9 Å². The van der Waals surface area contributed by atoms with Gasteiger partial charge in [0.05, 0.1) is 11.3 Å². The highest BCUT2D eigenvalue weighted by Crippen LogP contribution is 2.21. The van der Waals surface area contributed by atoms with Gasteiger partial charge in [0.2, 0.25) is 0 Å². The van der Waals surface area contributed by atoms with E-state index in [4.69, 9.17) is 0 Å². The van der Waals surface area contributed by atoms with E-state index in [-0.39, 0.29) is 17.3 Å². The maximum atomic E-state index is 13.9. The summed E-state index contributed by atoms with van der Waals surface area (Å²) in [6.07, 6.45) is 1.61. The number of aromatic nitrogens is 1. The average Bonchev–Trinajstić information content (AvgIpc) is 2.61. The van der Waals surface area contributed by atoms with E-state index in [1.54, 1.807) is 29.3 Å². The first-order valence-corrected chi connectivity index (χ1v) is 8.86. The Bertz CT molecular complexity index is 762. The van der Waals surface area contributed by atoms with Crippen molar-refractivity contribution in [1.29, 1.82) is 0 Å². The Morgan fingerprint density at radius 2 is 1.77 bits per heavy atom. The van der Waals surface area contributed by atoms with Crippen LogP contribution in [-0.2, 0) is 0 Å². The topological polar surface area (TPSA) is 48.5 Å². The van der Waals surface area contributed by atoms with Gasteiger partial charge in [-0.25, -0.2) is 9.37 Å². The lowest BCUT2D eigenvalue weighted by molar-refractivity contribution is 0.0746. The number of carbonyl (C=O) groups excluding carboxylic acids is 1. The quantitative estimate of drug-likeness (QED) is 0.916. The molecule has 1 N–H and O–H groups in total. The van der Waals surface area contributed by atoms with Gasteiger partial charge in [-0.1, -0.05) is 12.1 Å². The molecule has 2 heterocycles. The standard InChI is InChI=1S/C20H25FN4O/c1-20(2,3)23-18-9-8-15(14-22-18)19(26)25-12-10-24(11-13-25)17-7-5-4-6-16(17)21/h4-9,14H,10-13H2,1-3H3,(H,22,23). The van der Waals surface area contributed by atoms with Crippen molar-refractivity contribution in [3.05, 3.63) is 54.0 Å². The number of nitrogens with zero attached hydrogens (tertiary/aromatic N) is 3. The molecular weight excluding hydrogens is 331 g/mol. The molecule has 1 saturated heterocycles. The van der Waals surface area contributed by atoms with Gasteiger partial charge < -0.3 is 15.1 Å². The molecule has 1 aromatic heterocycles. The Hall–Kier alpha value is -2.63. The van der Waals surface area contributed by atoms with Crippen molar-refractivity contribution in [2.24, 2.45) is 0 Å². The highest BCUT2D eigenvalue weighted by molar-refractivity contribution is 5.94. The fraction of sp³-hybridized carbons (Fsp3) is 0.400. The lowest BCUT2D eigenvalue weighted by Gasteiger charge is -2.36. The summed E-state index contributed by atoms with van der Waals surface area (Å²) in [5.74, 6) is 0.491. The third-order valence-corrected chi connectivity index (χ3v) is 4.27. The Morgan fingerprint density at radius 1 is 1.08 bits per heavy atom. The molecule has 1 fully saturated rings. The number of hydrogen-bond donors (Lipinski definition) is 1. The second-order valence-electron chi connectivity index (χ2n) is 7.54. The first kappa shape index (κ1) is 18.2. The number of amides is 1. The van der Waals surface area contributed by atoms with Crippen LogP contribution in [0.25, 0.3) is 0 Å². The highest BCUT2D eigenvalue weighted by Gasteiger charge is 2.23. The maximum Gasteiger partial charge on any atom is 0.255 e. The van der Waals surface area contributed by atoms with E-state index in [1.165, 1.54) is 6.07 Å². The molecule has 0 radical (unpaired) electrons. The molecule has 1 amide bonds. The number of rotatable bonds is 3. The van der Waals surface area contributed by atoms with Crippen molar-refractivity contribution in [1.82, 2.24) is 9.88 Å². The second-order valence-corrected chi connectivity index (χ2v) is 7.54. The summed E-state index contributed by atoms with van der Waals surface area (Å²) in [5.41, 5.74) is 1.09. The molecule has 138 valence electrons. The Kier molecular flexibility index (Phi) is 5.11. The molecule has 1 aliphatic heterocycles. The van der Waals surface area contributed by atoms with Gasteiger partial charge in [0.25, 0.3) is 5.91 Å². The molecule has 5 nitrogen and oxygen atoms in total. The van der Waals surface area contributed by atoms with Crippen LogP contribution in [0, 0.1) is 5.82 Å². The number of halogens is 1. The Labute approximate surface area is 153 Å². The van der Waals surface area contributed by atoms with Crippen molar-refractivity contribution < 1.29 is 9.18 Å². The fourth-order valence-electron chi connectivity index (χ4n) is 3.02. The normalized spacial score (nSPS) is 15.1. The Morgan fingerprint density at radius 3 is 2.35 bits per heavy atom. The lowest BCUT2D eigenvalue weighted by atomic mass is 10.1. The van der Waals surface area contributed by atoms with Crippen molar-refractivity contribution in [3.63, 3.8) is 0 Å². The van der Waals surface area contributed by atoms with Crippen molar-refractivity contribution in [3.8, 4) is 0 Å². The zero-order valence-electron chi connectivity index (χ0n) is 15.5. The number of anilines is 2. The smallest absolute Gasteiger partial charge is 0.255 e. The molecule has 0 saturated carbocycles. The van der Waals surface area contributed by atoms with Crippen LogP contribution in [0.15, 0.2) is 42.6 Å². The van der Waals surface area contributed by atoms with Crippen LogP contribution in [0.2, 0.25) is 0 Å². The number of nitrogens with one attached hydrogen (secondary N) is 1. The maximum absolute atomic E-state index is 13.9. The Balaban J connectivity index is 1.61. The number of benzene rings is 1. The second kappa shape index (κ2) is 7.32. The van der Waals surface area contributed by atoms with Gasteiger partial charge in [-0.3, -0.25) is 4.79 Å². The molecule has 1 aromatic carbocycles. The van der Waals surface area contributed by atoms with Crippen LogP contribution >= 0.6 is 0 Å². The van der Waals surface area contributed by atoms with Crippen LogP contribution in [0.1, 0.15) is 31.1 Å². The third kappa shape index (κ3) is 4.31. The van der Waals surface area contributed by atoms with E-state index >= 15 is 0 Å². The van der Waals surface area contributed by atoms with E-state index < -0.39 is 0 Å². The summed E-state index contributed by atoms with van der Waals surface area (Å²) < 4.78 is 13.9. The zero-order valence-corrected chi connectivity index (χ0v) is 15.5. The lowest BCUT2D eigenvalue weighted by Crippen LogP contribution is -2.49. The minimum absolute atomic E-state index is 0.0343. The first-order valence-electron chi connectivity index (χ1n) is 8.86. The number of para-hydroxylation sites is 1. The molecular formula is C20H25FN4O. The van der Waals surface area contributed by atoms with Gasteiger partial charge in [0.1, 0.15) is 11.6 Å². The van der Waals surface area contributed by atoms with E-state index in [1.807, 2.05) is 17.0 Å². The molecule has 26 heavy (non-hydrogen) atoms. The fourth-order valence-corrected chi connectivity index (χ4v) is 3.02. The average molecular weight is 356 g/mol. The van der Waals surface area contributed by atoms with Crippen LogP contribution in [0.5, 0.6) is 0 Å². The van der Waals surface area contributed by atoms with Gasteiger partial charge in [-0.15, -0.1) is 0 Å². The van der Waals surface area contributed by atoms with Crippen molar-refractivity contribution in [2.45, 2.75) is 26.3 Å². The van der Waals surface area contributed by atoms with E-state index in [0.717, 1.165) is 5.82 Å². The molecule has 0 aliphatic carbocycles. The van der Waals surface area contributed by atoms with Gasteiger partial charge in [0.15, 0.2) is 0 Å². The van der Waals surface area contributed by atoms with Crippen LogP contribution in [0.3, 0.4) is 0 Å². The van der Waals surface area contributed by atoms with Gasteiger partial charge in [-0.2, -0.15) is 0 Å². The summed E-state index contributed by atoms with van der Waals surface area (Å²) in [5, 5.41) is 3.28.